The third kappa shape index (κ3) is 3.60. The topological polar surface area (TPSA) is 71.9 Å². The summed E-state index contributed by atoms with van der Waals surface area (Å²) in [5.74, 6) is 0. The molecule has 3 rings (SSSR count). The van der Waals surface area contributed by atoms with Crippen molar-refractivity contribution in [3.8, 4) is 11.8 Å². The van der Waals surface area contributed by atoms with Gasteiger partial charge in [-0.05, 0) is 42.0 Å². The standard InChI is InChI=1S/C19H12ClN3O2/c20-16-8-6-14(7-9-16)15(13-21)11-17-5-2-10-22(17)18-3-1-4-19(12-18)23(24)25/h1-12H. The van der Waals surface area contributed by atoms with Gasteiger partial charge in [-0.3, -0.25) is 10.1 Å². The zero-order chi connectivity index (χ0) is 17.8. The van der Waals surface area contributed by atoms with E-state index in [9.17, 15) is 15.4 Å². The molecule has 0 spiro atoms. The van der Waals surface area contributed by atoms with Gasteiger partial charge in [0.2, 0.25) is 0 Å². The zero-order valence-corrected chi connectivity index (χ0v) is 13.7. The molecule has 0 radical (unpaired) electrons. The summed E-state index contributed by atoms with van der Waals surface area (Å²) in [7, 11) is 0. The van der Waals surface area contributed by atoms with Gasteiger partial charge in [0.25, 0.3) is 5.69 Å². The number of rotatable bonds is 4. The molecule has 0 aliphatic heterocycles. The largest absolute Gasteiger partial charge is 0.317 e. The summed E-state index contributed by atoms with van der Waals surface area (Å²) in [4.78, 5) is 10.5. The maximum Gasteiger partial charge on any atom is 0.271 e. The smallest absolute Gasteiger partial charge is 0.271 e. The van der Waals surface area contributed by atoms with E-state index in [1.165, 1.54) is 12.1 Å². The maximum absolute atomic E-state index is 11.0. The van der Waals surface area contributed by atoms with Crippen LogP contribution in [0.4, 0.5) is 5.69 Å². The molecule has 0 fully saturated rings. The first-order valence-electron chi connectivity index (χ1n) is 7.38. The third-order valence-corrected chi connectivity index (χ3v) is 3.92. The number of benzene rings is 2. The molecule has 0 amide bonds. The van der Waals surface area contributed by atoms with E-state index in [2.05, 4.69) is 6.07 Å². The number of halogens is 1. The summed E-state index contributed by atoms with van der Waals surface area (Å²) in [6.07, 6.45) is 3.53. The van der Waals surface area contributed by atoms with Gasteiger partial charge in [0.05, 0.1) is 22.3 Å². The van der Waals surface area contributed by atoms with Gasteiger partial charge in [0, 0.05) is 29.0 Å². The molecule has 0 saturated heterocycles. The maximum atomic E-state index is 11.0. The molecular formula is C19H12ClN3O2. The molecule has 0 aliphatic carbocycles. The van der Waals surface area contributed by atoms with Gasteiger partial charge in [-0.2, -0.15) is 5.26 Å². The Morgan fingerprint density at radius 2 is 1.92 bits per heavy atom. The molecule has 5 nitrogen and oxygen atoms in total. The van der Waals surface area contributed by atoms with Gasteiger partial charge < -0.3 is 4.57 Å². The SMILES string of the molecule is N#CC(=Cc1cccn1-c1cccc([N+](=O)[O-])c1)c1ccc(Cl)cc1. The fraction of sp³-hybridized carbons (Fsp3) is 0. The minimum absolute atomic E-state index is 0.0133. The second kappa shape index (κ2) is 7.04. The highest BCUT2D eigenvalue weighted by atomic mass is 35.5. The molecule has 1 heterocycles. The van der Waals surface area contributed by atoms with Gasteiger partial charge >= 0.3 is 0 Å². The molecule has 3 aromatic rings. The van der Waals surface area contributed by atoms with E-state index in [4.69, 9.17) is 11.6 Å². The fourth-order valence-corrected chi connectivity index (χ4v) is 2.59. The van der Waals surface area contributed by atoms with Crippen LogP contribution >= 0.6 is 11.6 Å². The first-order valence-corrected chi connectivity index (χ1v) is 7.76. The number of non-ortho nitro benzene ring substituents is 1. The van der Waals surface area contributed by atoms with Crippen LogP contribution in [0.1, 0.15) is 11.3 Å². The van der Waals surface area contributed by atoms with Gasteiger partial charge in [0.1, 0.15) is 0 Å². The van der Waals surface area contributed by atoms with Crippen LogP contribution in [0.5, 0.6) is 0 Å². The molecule has 6 heteroatoms. The third-order valence-electron chi connectivity index (χ3n) is 3.67. The second-order valence-corrected chi connectivity index (χ2v) is 5.69. The fourth-order valence-electron chi connectivity index (χ4n) is 2.46. The summed E-state index contributed by atoms with van der Waals surface area (Å²) >= 11 is 5.89. The number of hydrogen-bond acceptors (Lipinski definition) is 3. The van der Waals surface area contributed by atoms with Crippen molar-refractivity contribution in [3.05, 3.63) is 93.3 Å². The van der Waals surface area contributed by atoms with E-state index in [0.29, 0.717) is 16.3 Å². The second-order valence-electron chi connectivity index (χ2n) is 5.26. The average molecular weight is 350 g/mol. The summed E-state index contributed by atoms with van der Waals surface area (Å²) in [5, 5.41) is 21.0. The number of allylic oxidation sites excluding steroid dienone is 1. The van der Waals surface area contributed by atoms with Gasteiger partial charge in [-0.1, -0.05) is 29.8 Å². The molecule has 0 bridgehead atoms. The minimum Gasteiger partial charge on any atom is -0.317 e. The van der Waals surface area contributed by atoms with E-state index in [1.807, 2.05) is 12.1 Å². The van der Waals surface area contributed by atoms with Gasteiger partial charge in [0.15, 0.2) is 0 Å². The van der Waals surface area contributed by atoms with Crippen LogP contribution in [-0.4, -0.2) is 9.49 Å². The zero-order valence-electron chi connectivity index (χ0n) is 13.0. The van der Waals surface area contributed by atoms with E-state index in [-0.39, 0.29) is 5.69 Å². The highest BCUT2D eigenvalue weighted by molar-refractivity contribution is 6.30. The lowest BCUT2D eigenvalue weighted by Gasteiger charge is -2.07. The van der Waals surface area contributed by atoms with Crippen LogP contribution in [0, 0.1) is 21.4 Å². The molecule has 0 atom stereocenters. The number of nitriles is 1. The van der Waals surface area contributed by atoms with Crippen molar-refractivity contribution in [3.63, 3.8) is 0 Å². The number of nitro benzene ring substituents is 1. The van der Waals surface area contributed by atoms with Crippen LogP contribution in [0.2, 0.25) is 5.02 Å². The van der Waals surface area contributed by atoms with E-state index >= 15 is 0 Å². The molecule has 1 aromatic heterocycles. The quantitative estimate of drug-likeness (QED) is 0.373. The first-order chi connectivity index (χ1) is 12.1. The van der Waals surface area contributed by atoms with Crippen LogP contribution in [0.3, 0.4) is 0 Å². The Labute approximate surface area is 149 Å². The molecule has 2 aromatic carbocycles. The Morgan fingerprint density at radius 1 is 1.16 bits per heavy atom. The number of hydrogen-bond donors (Lipinski definition) is 0. The number of aromatic nitrogens is 1. The van der Waals surface area contributed by atoms with Crippen molar-refractivity contribution >= 4 is 28.9 Å². The van der Waals surface area contributed by atoms with Crippen molar-refractivity contribution in [2.45, 2.75) is 0 Å². The Balaban J connectivity index is 2.04. The van der Waals surface area contributed by atoms with Crippen molar-refractivity contribution in [2.75, 3.05) is 0 Å². The lowest BCUT2D eigenvalue weighted by atomic mass is 10.1. The predicted octanol–water partition coefficient (Wildman–Crippen LogP) is 5.10. The minimum atomic E-state index is -0.434. The Morgan fingerprint density at radius 3 is 2.60 bits per heavy atom. The summed E-state index contributed by atoms with van der Waals surface area (Å²) < 4.78 is 1.79. The Hall–Kier alpha value is -3.36. The molecular weight excluding hydrogens is 338 g/mol. The van der Waals surface area contributed by atoms with E-state index < -0.39 is 4.92 Å². The van der Waals surface area contributed by atoms with Gasteiger partial charge in [-0.15, -0.1) is 0 Å². The number of nitrogens with zero attached hydrogens (tertiary/aromatic N) is 3. The Bertz CT molecular complexity index is 998. The molecule has 0 saturated carbocycles. The van der Waals surface area contributed by atoms with Crippen LogP contribution in [0.15, 0.2) is 66.9 Å². The predicted molar refractivity (Wildman–Crippen MR) is 97.4 cm³/mol. The summed E-state index contributed by atoms with van der Waals surface area (Å²) in [6.45, 7) is 0. The van der Waals surface area contributed by atoms with Crippen molar-refractivity contribution in [1.29, 1.82) is 5.26 Å². The number of nitro groups is 1. The Kier molecular flexibility index (Phi) is 4.64. The molecule has 0 N–H and O–H groups in total. The average Bonchev–Trinajstić information content (AvgIpc) is 3.09. The normalized spacial score (nSPS) is 11.1. The van der Waals surface area contributed by atoms with Crippen LogP contribution in [-0.2, 0) is 0 Å². The van der Waals surface area contributed by atoms with Crippen LogP contribution < -0.4 is 0 Å². The summed E-state index contributed by atoms with van der Waals surface area (Å²) in [5.41, 5.74) is 2.63. The van der Waals surface area contributed by atoms with E-state index in [0.717, 1.165) is 11.3 Å². The monoisotopic (exact) mass is 349 g/mol. The lowest BCUT2D eigenvalue weighted by molar-refractivity contribution is -0.384. The van der Waals surface area contributed by atoms with E-state index in [1.54, 1.807) is 53.2 Å². The highest BCUT2D eigenvalue weighted by Gasteiger charge is 2.09. The lowest BCUT2D eigenvalue weighted by Crippen LogP contribution is -1.97. The van der Waals surface area contributed by atoms with Crippen molar-refractivity contribution in [2.24, 2.45) is 0 Å². The molecule has 0 aliphatic rings. The molecule has 122 valence electrons. The molecule has 0 unspecified atom stereocenters. The first kappa shape index (κ1) is 16.5. The molecule has 25 heavy (non-hydrogen) atoms. The van der Waals surface area contributed by atoms with Crippen molar-refractivity contribution in [1.82, 2.24) is 4.57 Å². The highest BCUT2D eigenvalue weighted by Crippen LogP contribution is 2.23. The summed E-state index contributed by atoms with van der Waals surface area (Å²) in [6, 6.07) is 19.2. The van der Waals surface area contributed by atoms with Crippen molar-refractivity contribution < 1.29 is 4.92 Å². The van der Waals surface area contributed by atoms with Crippen LogP contribution in [0.25, 0.3) is 17.3 Å². The van der Waals surface area contributed by atoms with Gasteiger partial charge in [-0.25, -0.2) is 0 Å².